The molecule has 0 fully saturated rings. The van der Waals surface area contributed by atoms with Crippen LogP contribution in [0.5, 0.6) is 0 Å². The van der Waals surface area contributed by atoms with E-state index in [1.54, 1.807) is 5.32 Å². The van der Waals surface area contributed by atoms with E-state index in [9.17, 15) is 26.7 Å². The van der Waals surface area contributed by atoms with Gasteiger partial charge in [0.25, 0.3) is 5.91 Å². The molecule has 0 unspecified atom stereocenters. The SMILES string of the molecule is C[C@H](NC(=O)C(F)(F)C(F)F)c1cccc(F)c1. The Labute approximate surface area is 99.8 Å². The topological polar surface area (TPSA) is 29.1 Å². The molecule has 0 saturated heterocycles. The number of halogens is 5. The summed E-state index contributed by atoms with van der Waals surface area (Å²) in [6, 6.07) is 3.85. The van der Waals surface area contributed by atoms with Gasteiger partial charge in [-0.15, -0.1) is 0 Å². The molecule has 0 aromatic heterocycles. The van der Waals surface area contributed by atoms with Crippen LogP contribution in [0.25, 0.3) is 0 Å². The Morgan fingerprint density at radius 2 is 1.94 bits per heavy atom. The molecule has 0 heterocycles. The maximum absolute atomic E-state index is 12.8. The molecule has 1 aromatic carbocycles. The second-order valence-electron chi connectivity index (χ2n) is 3.67. The van der Waals surface area contributed by atoms with Gasteiger partial charge in [-0.1, -0.05) is 12.1 Å². The molecule has 1 amide bonds. The zero-order chi connectivity index (χ0) is 13.9. The summed E-state index contributed by atoms with van der Waals surface area (Å²) in [6.07, 6.45) is -4.09. The van der Waals surface area contributed by atoms with Gasteiger partial charge in [0, 0.05) is 0 Å². The minimum atomic E-state index is -4.76. The number of hydrogen-bond donors (Lipinski definition) is 1. The second kappa shape index (κ2) is 5.32. The molecule has 0 spiro atoms. The first-order valence-corrected chi connectivity index (χ1v) is 4.97. The van der Waals surface area contributed by atoms with Crippen molar-refractivity contribution in [1.29, 1.82) is 0 Å². The Morgan fingerprint density at radius 3 is 2.44 bits per heavy atom. The Kier molecular flexibility index (Phi) is 4.26. The van der Waals surface area contributed by atoms with Crippen LogP contribution >= 0.6 is 0 Å². The summed E-state index contributed by atoms with van der Waals surface area (Å²) in [4.78, 5) is 10.9. The molecule has 1 aromatic rings. The predicted molar refractivity (Wildman–Crippen MR) is 53.9 cm³/mol. The normalized spacial score (nSPS) is 13.5. The van der Waals surface area contributed by atoms with E-state index in [-0.39, 0.29) is 5.56 Å². The Bertz CT molecular complexity index is 435. The maximum Gasteiger partial charge on any atom is 0.383 e. The molecule has 0 radical (unpaired) electrons. The summed E-state index contributed by atoms with van der Waals surface area (Å²) >= 11 is 0. The summed E-state index contributed by atoms with van der Waals surface area (Å²) in [6.45, 7) is 1.29. The fourth-order valence-corrected chi connectivity index (χ4v) is 1.25. The van der Waals surface area contributed by atoms with Gasteiger partial charge in [-0.05, 0) is 24.6 Å². The first-order valence-electron chi connectivity index (χ1n) is 4.97. The number of carbonyl (C=O) groups is 1. The van der Waals surface area contributed by atoms with Crippen molar-refractivity contribution in [3.05, 3.63) is 35.6 Å². The monoisotopic (exact) mass is 267 g/mol. The predicted octanol–water partition coefficient (Wildman–Crippen LogP) is 2.90. The number of nitrogens with one attached hydrogen (secondary N) is 1. The lowest BCUT2D eigenvalue weighted by molar-refractivity contribution is -0.170. The van der Waals surface area contributed by atoms with E-state index in [1.807, 2.05) is 0 Å². The number of hydrogen-bond acceptors (Lipinski definition) is 1. The number of benzene rings is 1. The zero-order valence-corrected chi connectivity index (χ0v) is 9.26. The van der Waals surface area contributed by atoms with Gasteiger partial charge in [0.1, 0.15) is 5.82 Å². The summed E-state index contributed by atoms with van der Waals surface area (Å²) < 4.78 is 62.0. The highest BCUT2D eigenvalue weighted by Gasteiger charge is 2.49. The molecule has 18 heavy (non-hydrogen) atoms. The smallest absolute Gasteiger partial charge is 0.344 e. The summed E-state index contributed by atoms with van der Waals surface area (Å²) in [5.74, 6) is -7.47. The Balaban J connectivity index is 2.77. The van der Waals surface area contributed by atoms with E-state index in [1.165, 1.54) is 19.1 Å². The molecular weight excluding hydrogens is 257 g/mol. The first kappa shape index (κ1) is 14.4. The molecule has 0 aliphatic rings. The lowest BCUT2D eigenvalue weighted by Gasteiger charge is -2.19. The second-order valence-corrected chi connectivity index (χ2v) is 3.67. The largest absolute Gasteiger partial charge is 0.383 e. The third-order valence-electron chi connectivity index (χ3n) is 2.27. The third kappa shape index (κ3) is 3.18. The standard InChI is InChI=1S/C11H10F5NO/c1-6(7-3-2-4-8(12)5-7)17-10(18)11(15,16)9(13)14/h2-6,9H,1H3,(H,17,18)/t6-/m0/s1. The number of carbonyl (C=O) groups excluding carboxylic acids is 1. The number of amides is 1. The Morgan fingerprint density at radius 1 is 1.33 bits per heavy atom. The van der Waals surface area contributed by atoms with Crippen molar-refractivity contribution in [3.63, 3.8) is 0 Å². The van der Waals surface area contributed by atoms with Gasteiger partial charge in [0.05, 0.1) is 6.04 Å². The third-order valence-corrected chi connectivity index (χ3v) is 2.27. The molecule has 7 heteroatoms. The minimum absolute atomic E-state index is 0.202. The Hall–Kier alpha value is -1.66. The van der Waals surface area contributed by atoms with Gasteiger partial charge in [0.2, 0.25) is 0 Å². The lowest BCUT2D eigenvalue weighted by atomic mass is 10.1. The molecule has 0 aliphatic carbocycles. The van der Waals surface area contributed by atoms with Crippen molar-refractivity contribution in [2.45, 2.75) is 25.3 Å². The van der Waals surface area contributed by atoms with E-state index in [2.05, 4.69) is 0 Å². The van der Waals surface area contributed by atoms with Gasteiger partial charge >= 0.3 is 12.3 Å². The van der Waals surface area contributed by atoms with Crippen molar-refractivity contribution in [2.75, 3.05) is 0 Å². The first-order chi connectivity index (χ1) is 8.25. The highest BCUT2D eigenvalue weighted by molar-refractivity contribution is 5.84. The lowest BCUT2D eigenvalue weighted by Crippen LogP contribution is -2.45. The molecular formula is C11H10F5NO. The van der Waals surface area contributed by atoms with Crippen LogP contribution in [0.1, 0.15) is 18.5 Å². The van der Waals surface area contributed by atoms with E-state index in [0.29, 0.717) is 0 Å². The highest BCUT2D eigenvalue weighted by atomic mass is 19.3. The van der Waals surface area contributed by atoms with Crippen LogP contribution in [0.2, 0.25) is 0 Å². The molecule has 0 saturated carbocycles. The minimum Gasteiger partial charge on any atom is -0.344 e. The zero-order valence-electron chi connectivity index (χ0n) is 9.26. The van der Waals surface area contributed by atoms with Crippen LogP contribution in [0.4, 0.5) is 22.0 Å². The highest BCUT2D eigenvalue weighted by Crippen LogP contribution is 2.24. The van der Waals surface area contributed by atoms with E-state index in [4.69, 9.17) is 0 Å². The van der Waals surface area contributed by atoms with Gasteiger partial charge < -0.3 is 5.32 Å². The van der Waals surface area contributed by atoms with Crippen LogP contribution in [0, 0.1) is 5.82 Å². The fourth-order valence-electron chi connectivity index (χ4n) is 1.25. The maximum atomic E-state index is 12.8. The van der Waals surface area contributed by atoms with Crippen LogP contribution in [-0.4, -0.2) is 18.3 Å². The van der Waals surface area contributed by atoms with Crippen LogP contribution < -0.4 is 5.32 Å². The number of alkyl halides is 4. The van der Waals surface area contributed by atoms with E-state index >= 15 is 0 Å². The van der Waals surface area contributed by atoms with Crippen LogP contribution in [0.15, 0.2) is 24.3 Å². The molecule has 100 valence electrons. The van der Waals surface area contributed by atoms with Crippen molar-refractivity contribution < 1.29 is 26.7 Å². The summed E-state index contributed by atoms with van der Waals surface area (Å²) in [5, 5.41) is 1.71. The summed E-state index contributed by atoms with van der Waals surface area (Å²) in [7, 11) is 0. The molecule has 0 bridgehead atoms. The average Bonchev–Trinajstić information content (AvgIpc) is 2.28. The molecule has 2 nitrogen and oxygen atoms in total. The van der Waals surface area contributed by atoms with Crippen LogP contribution in [-0.2, 0) is 4.79 Å². The van der Waals surface area contributed by atoms with Crippen LogP contribution in [0.3, 0.4) is 0 Å². The van der Waals surface area contributed by atoms with Crippen molar-refractivity contribution in [2.24, 2.45) is 0 Å². The van der Waals surface area contributed by atoms with Gasteiger partial charge in [-0.2, -0.15) is 8.78 Å². The number of rotatable bonds is 4. The molecule has 1 atom stereocenters. The summed E-state index contributed by atoms with van der Waals surface area (Å²) in [5.41, 5.74) is 0.202. The fraction of sp³-hybridized carbons (Fsp3) is 0.364. The average molecular weight is 267 g/mol. The molecule has 1 rings (SSSR count). The van der Waals surface area contributed by atoms with E-state index in [0.717, 1.165) is 12.1 Å². The van der Waals surface area contributed by atoms with Crippen molar-refractivity contribution >= 4 is 5.91 Å². The van der Waals surface area contributed by atoms with Crippen molar-refractivity contribution in [3.8, 4) is 0 Å². The van der Waals surface area contributed by atoms with Gasteiger partial charge in [0.15, 0.2) is 0 Å². The van der Waals surface area contributed by atoms with Gasteiger partial charge in [-0.25, -0.2) is 13.2 Å². The van der Waals surface area contributed by atoms with Crippen molar-refractivity contribution in [1.82, 2.24) is 5.32 Å². The van der Waals surface area contributed by atoms with E-state index < -0.39 is 30.1 Å². The quantitative estimate of drug-likeness (QED) is 0.835. The molecule has 0 aliphatic heterocycles. The molecule has 1 N–H and O–H groups in total. The van der Waals surface area contributed by atoms with Gasteiger partial charge in [-0.3, -0.25) is 4.79 Å².